The summed E-state index contributed by atoms with van der Waals surface area (Å²) in [7, 11) is -3.82. The highest BCUT2D eigenvalue weighted by Gasteiger charge is 2.13. The van der Waals surface area contributed by atoms with Crippen LogP contribution in [0.4, 0.5) is 0 Å². The molecule has 0 fully saturated rings. The Morgan fingerprint density at radius 2 is 1.15 bits per heavy atom. The third-order valence-corrected chi connectivity index (χ3v) is 6.66. The highest BCUT2D eigenvalue weighted by atomic mass is 32.2. The zero-order chi connectivity index (χ0) is 24.5. The first-order valence-electron chi connectivity index (χ1n) is 12.9. The summed E-state index contributed by atoms with van der Waals surface area (Å²) in [5, 5.41) is 0. The van der Waals surface area contributed by atoms with Crippen molar-refractivity contribution in [2.45, 2.75) is 84.0 Å². The van der Waals surface area contributed by atoms with E-state index in [0.29, 0.717) is 13.0 Å². The van der Waals surface area contributed by atoms with Gasteiger partial charge in [-0.05, 0) is 37.0 Å². The Hall–Kier alpha value is -2.05. The molecule has 5 nitrogen and oxygen atoms in total. The van der Waals surface area contributed by atoms with Crippen molar-refractivity contribution >= 4 is 10.1 Å². The minimum absolute atomic E-state index is 0.133. The summed E-state index contributed by atoms with van der Waals surface area (Å²) < 4.78 is 42.6. The third-order valence-electron chi connectivity index (χ3n) is 5.86. The van der Waals surface area contributed by atoms with Crippen molar-refractivity contribution in [3.05, 3.63) is 48.5 Å². The molecule has 0 unspecified atom stereocenters. The van der Waals surface area contributed by atoms with E-state index in [1.807, 2.05) is 36.4 Å². The van der Waals surface area contributed by atoms with E-state index in [4.69, 9.17) is 14.0 Å². The minimum atomic E-state index is -3.82. The van der Waals surface area contributed by atoms with Crippen molar-refractivity contribution in [3.63, 3.8) is 0 Å². The molecular formula is C28H42O5S. The van der Waals surface area contributed by atoms with Crippen LogP contribution in [0.3, 0.4) is 0 Å². The molecular weight excluding hydrogens is 448 g/mol. The summed E-state index contributed by atoms with van der Waals surface area (Å²) in [6, 6.07) is 16.3. The van der Waals surface area contributed by atoms with Gasteiger partial charge in [-0.3, -0.25) is 4.55 Å². The summed E-state index contributed by atoms with van der Waals surface area (Å²) >= 11 is 0. The zero-order valence-electron chi connectivity index (χ0n) is 20.7. The number of unbranched alkanes of at least 4 members (excludes halogenated alkanes) is 10. The van der Waals surface area contributed by atoms with Gasteiger partial charge in [0.05, 0.1) is 24.5 Å². The van der Waals surface area contributed by atoms with E-state index in [0.717, 1.165) is 74.2 Å². The van der Waals surface area contributed by atoms with Crippen LogP contribution in [0.5, 0.6) is 11.5 Å². The second-order valence-corrected chi connectivity index (χ2v) is 10.4. The molecule has 0 atom stereocenters. The maximum atomic E-state index is 10.7. The molecule has 0 bridgehead atoms. The van der Waals surface area contributed by atoms with Crippen molar-refractivity contribution in [3.8, 4) is 22.6 Å². The van der Waals surface area contributed by atoms with Crippen LogP contribution in [0.2, 0.25) is 0 Å². The van der Waals surface area contributed by atoms with Gasteiger partial charge in [0, 0.05) is 0 Å². The van der Waals surface area contributed by atoms with Crippen LogP contribution in [0.25, 0.3) is 11.1 Å². The number of hydrogen-bond acceptors (Lipinski definition) is 4. The molecule has 0 aromatic heterocycles. The number of ether oxygens (including phenoxy) is 2. The monoisotopic (exact) mass is 490 g/mol. The van der Waals surface area contributed by atoms with Gasteiger partial charge in [0.1, 0.15) is 11.5 Å². The van der Waals surface area contributed by atoms with Gasteiger partial charge in [-0.15, -0.1) is 0 Å². The van der Waals surface area contributed by atoms with E-state index in [1.54, 1.807) is 0 Å². The lowest BCUT2D eigenvalue weighted by Gasteiger charge is -2.17. The van der Waals surface area contributed by atoms with Gasteiger partial charge in [-0.1, -0.05) is 101 Å². The van der Waals surface area contributed by atoms with Gasteiger partial charge < -0.3 is 9.47 Å². The van der Waals surface area contributed by atoms with Gasteiger partial charge in [0.2, 0.25) is 0 Å². The van der Waals surface area contributed by atoms with Crippen LogP contribution >= 0.6 is 0 Å². The Labute approximate surface area is 206 Å². The molecule has 2 aromatic carbocycles. The lowest BCUT2D eigenvalue weighted by atomic mass is 10.0. The zero-order valence-corrected chi connectivity index (χ0v) is 21.5. The SMILES string of the molecule is CCCCCCCOc1cccc(OCCCCCCCCCS(=O)(=O)O)c1-c1ccccc1. The Bertz CT molecular complexity index is 896. The second-order valence-electron chi connectivity index (χ2n) is 8.87. The van der Waals surface area contributed by atoms with E-state index in [1.165, 1.54) is 25.7 Å². The predicted octanol–water partition coefficient (Wildman–Crippen LogP) is 7.70. The summed E-state index contributed by atoms with van der Waals surface area (Å²) in [5.41, 5.74) is 2.12. The molecule has 2 rings (SSSR count). The number of rotatable bonds is 19. The van der Waals surface area contributed by atoms with Crippen LogP contribution in [-0.2, 0) is 10.1 Å². The second kappa shape index (κ2) is 16.6. The van der Waals surface area contributed by atoms with Gasteiger partial charge in [-0.25, -0.2) is 0 Å². The quantitative estimate of drug-likeness (QED) is 0.161. The average molecular weight is 491 g/mol. The number of hydrogen-bond donors (Lipinski definition) is 1. The normalized spacial score (nSPS) is 11.5. The van der Waals surface area contributed by atoms with E-state index < -0.39 is 10.1 Å². The Morgan fingerprint density at radius 1 is 0.647 bits per heavy atom. The lowest BCUT2D eigenvalue weighted by Crippen LogP contribution is -2.03. The van der Waals surface area contributed by atoms with Crippen molar-refractivity contribution in [2.24, 2.45) is 0 Å². The van der Waals surface area contributed by atoms with Crippen molar-refractivity contribution in [1.82, 2.24) is 0 Å². The Morgan fingerprint density at radius 3 is 1.68 bits per heavy atom. The van der Waals surface area contributed by atoms with Crippen LogP contribution in [0.1, 0.15) is 84.0 Å². The van der Waals surface area contributed by atoms with Crippen LogP contribution in [0.15, 0.2) is 48.5 Å². The first kappa shape index (κ1) is 28.2. The standard InChI is InChI=1S/C28H42O5S/c1-2-3-4-8-14-22-32-26-20-17-21-27(28(26)25-18-12-11-13-19-25)33-23-15-9-6-5-7-10-16-24-34(29,30)31/h11-13,17-21H,2-10,14-16,22-24H2,1H3,(H,29,30,31). The summed E-state index contributed by atoms with van der Waals surface area (Å²) in [5.74, 6) is 1.61. The molecule has 0 aliphatic carbocycles. The van der Waals surface area contributed by atoms with Crippen molar-refractivity contribution in [1.29, 1.82) is 0 Å². The molecule has 0 amide bonds. The van der Waals surface area contributed by atoms with Crippen LogP contribution in [0, 0.1) is 0 Å². The molecule has 0 heterocycles. The van der Waals surface area contributed by atoms with E-state index >= 15 is 0 Å². The maximum absolute atomic E-state index is 10.7. The summed E-state index contributed by atoms with van der Waals surface area (Å²) in [4.78, 5) is 0. The fraction of sp³-hybridized carbons (Fsp3) is 0.571. The molecule has 0 aliphatic rings. The Balaban J connectivity index is 1.80. The molecule has 0 spiro atoms. The van der Waals surface area contributed by atoms with E-state index in [9.17, 15) is 8.42 Å². The Kier molecular flexibility index (Phi) is 13.7. The molecule has 6 heteroatoms. The van der Waals surface area contributed by atoms with Gasteiger partial charge in [0.15, 0.2) is 0 Å². The fourth-order valence-electron chi connectivity index (χ4n) is 3.98. The predicted molar refractivity (Wildman–Crippen MR) is 140 cm³/mol. The molecule has 0 radical (unpaired) electrons. The van der Waals surface area contributed by atoms with Crippen LogP contribution < -0.4 is 9.47 Å². The first-order chi connectivity index (χ1) is 16.5. The molecule has 0 saturated heterocycles. The third kappa shape index (κ3) is 11.9. The summed E-state index contributed by atoms with van der Waals surface area (Å²) in [6.07, 6.45) is 12.6. The minimum Gasteiger partial charge on any atom is -0.493 e. The molecule has 2 aromatic rings. The lowest BCUT2D eigenvalue weighted by molar-refractivity contribution is 0.292. The fourth-order valence-corrected chi connectivity index (χ4v) is 4.55. The van der Waals surface area contributed by atoms with E-state index in [-0.39, 0.29) is 5.75 Å². The largest absolute Gasteiger partial charge is 0.493 e. The van der Waals surface area contributed by atoms with Crippen molar-refractivity contribution in [2.75, 3.05) is 19.0 Å². The van der Waals surface area contributed by atoms with E-state index in [2.05, 4.69) is 19.1 Å². The first-order valence-corrected chi connectivity index (χ1v) is 14.5. The topological polar surface area (TPSA) is 72.8 Å². The molecule has 190 valence electrons. The van der Waals surface area contributed by atoms with Crippen LogP contribution in [-0.4, -0.2) is 31.9 Å². The summed E-state index contributed by atoms with van der Waals surface area (Å²) in [6.45, 7) is 3.60. The van der Waals surface area contributed by atoms with Gasteiger partial charge in [-0.2, -0.15) is 8.42 Å². The maximum Gasteiger partial charge on any atom is 0.264 e. The molecule has 1 N–H and O–H groups in total. The molecule has 0 saturated carbocycles. The average Bonchev–Trinajstić information content (AvgIpc) is 2.82. The number of benzene rings is 2. The van der Waals surface area contributed by atoms with Gasteiger partial charge >= 0.3 is 0 Å². The van der Waals surface area contributed by atoms with Crippen molar-refractivity contribution < 1.29 is 22.4 Å². The molecule has 34 heavy (non-hydrogen) atoms. The smallest absolute Gasteiger partial charge is 0.264 e. The highest BCUT2D eigenvalue weighted by molar-refractivity contribution is 7.85. The highest BCUT2D eigenvalue weighted by Crippen LogP contribution is 2.38. The van der Waals surface area contributed by atoms with Gasteiger partial charge in [0.25, 0.3) is 10.1 Å². The molecule has 0 aliphatic heterocycles.